The molecule has 0 bridgehead atoms. The molecule has 1 amide bonds. The predicted octanol–water partition coefficient (Wildman–Crippen LogP) is 2.73. The van der Waals surface area contributed by atoms with E-state index in [0.29, 0.717) is 5.82 Å². The van der Waals surface area contributed by atoms with Crippen LogP contribution in [0.15, 0.2) is 36.5 Å². The lowest BCUT2D eigenvalue weighted by Gasteiger charge is -2.18. The number of H-pyrrole nitrogens is 1. The summed E-state index contributed by atoms with van der Waals surface area (Å²) in [7, 11) is 0. The van der Waals surface area contributed by atoms with E-state index in [1.165, 1.54) is 0 Å². The molecule has 8 nitrogen and oxygen atoms in total. The van der Waals surface area contributed by atoms with E-state index in [1.54, 1.807) is 33.9 Å². The van der Waals surface area contributed by atoms with Gasteiger partial charge >= 0.3 is 18.0 Å². The molecule has 138 valence electrons. The highest BCUT2D eigenvalue weighted by Crippen LogP contribution is 2.18. The number of imidazole rings is 1. The summed E-state index contributed by atoms with van der Waals surface area (Å²) in [5.74, 6) is -2.13. The van der Waals surface area contributed by atoms with Crippen LogP contribution in [0.1, 0.15) is 39.6 Å². The first kappa shape index (κ1) is 19.2. The Hall–Kier alpha value is -3.16. The molecule has 1 heterocycles. The minimum absolute atomic E-state index is 0.477. The number of hydrogen-bond donors (Lipinski definition) is 2. The maximum Gasteiger partial charge on any atom is 0.426 e. The van der Waals surface area contributed by atoms with Gasteiger partial charge in [0, 0.05) is 0 Å². The fraction of sp³-hybridized carbons (Fsp3) is 0.333. The Morgan fingerprint density at radius 2 is 1.77 bits per heavy atom. The summed E-state index contributed by atoms with van der Waals surface area (Å²) in [6.45, 7) is 6.46. The van der Waals surface area contributed by atoms with Crippen LogP contribution in [-0.2, 0) is 19.1 Å². The Morgan fingerprint density at radius 1 is 1.12 bits per heavy atom. The second-order valence-corrected chi connectivity index (χ2v) is 6.59. The van der Waals surface area contributed by atoms with Gasteiger partial charge in [0.25, 0.3) is 0 Å². The topological polar surface area (TPSA) is 110 Å². The number of benzene rings is 1. The van der Waals surface area contributed by atoms with Gasteiger partial charge < -0.3 is 19.8 Å². The first-order chi connectivity index (χ1) is 12.2. The second kappa shape index (κ2) is 7.81. The lowest BCUT2D eigenvalue weighted by Crippen LogP contribution is -2.35. The van der Waals surface area contributed by atoms with E-state index in [0.717, 1.165) is 11.3 Å². The molecule has 0 spiro atoms. The van der Waals surface area contributed by atoms with Gasteiger partial charge in [0.05, 0.1) is 17.9 Å². The van der Waals surface area contributed by atoms with Crippen molar-refractivity contribution in [1.29, 1.82) is 0 Å². The highest BCUT2D eigenvalue weighted by Gasteiger charge is 2.27. The van der Waals surface area contributed by atoms with E-state index in [1.807, 2.05) is 30.3 Å². The molecule has 2 aromatic rings. The number of nitrogens with one attached hydrogen (secondary N) is 2. The van der Waals surface area contributed by atoms with Crippen LogP contribution in [0.5, 0.6) is 0 Å². The normalized spacial score (nSPS) is 12.2. The molecule has 1 aromatic heterocycles. The van der Waals surface area contributed by atoms with E-state index >= 15 is 0 Å². The standard InChI is InChI=1S/C18H21N3O5/c1-11(14-19-10-13(21-14)12-8-6-5-7-9-12)20-17(24)25-15(22)16(23)26-18(2,3)4/h5-11H,1-4H3,(H,19,21)(H,20,24)/t11-/m0/s1. The Bertz CT molecular complexity index is 793. The Kier molecular flexibility index (Phi) is 5.76. The number of aromatic nitrogens is 2. The van der Waals surface area contributed by atoms with Crippen LogP contribution < -0.4 is 5.32 Å². The first-order valence-corrected chi connectivity index (χ1v) is 8.01. The van der Waals surface area contributed by atoms with E-state index in [4.69, 9.17) is 4.74 Å². The number of carbonyl (C=O) groups is 3. The number of hydrogen-bond acceptors (Lipinski definition) is 6. The maximum absolute atomic E-state index is 11.8. The van der Waals surface area contributed by atoms with Gasteiger partial charge in [-0.1, -0.05) is 30.3 Å². The van der Waals surface area contributed by atoms with Crippen LogP contribution in [0.3, 0.4) is 0 Å². The third-order valence-corrected chi connectivity index (χ3v) is 3.18. The van der Waals surface area contributed by atoms with E-state index in [9.17, 15) is 14.4 Å². The number of amides is 1. The second-order valence-electron chi connectivity index (χ2n) is 6.59. The molecule has 0 fully saturated rings. The van der Waals surface area contributed by atoms with Crippen LogP contribution in [0.2, 0.25) is 0 Å². The van der Waals surface area contributed by atoms with Crippen molar-refractivity contribution in [3.05, 3.63) is 42.4 Å². The molecule has 0 aliphatic heterocycles. The summed E-state index contributed by atoms with van der Waals surface area (Å²) in [5, 5.41) is 2.43. The number of nitrogens with zero attached hydrogens (tertiary/aromatic N) is 1. The zero-order chi connectivity index (χ0) is 19.3. The molecular formula is C18H21N3O5. The Balaban J connectivity index is 1.92. The van der Waals surface area contributed by atoms with Gasteiger partial charge in [-0.05, 0) is 33.3 Å². The van der Waals surface area contributed by atoms with Gasteiger partial charge in [-0.15, -0.1) is 0 Å². The Labute approximate surface area is 150 Å². The lowest BCUT2D eigenvalue weighted by molar-refractivity contribution is -0.171. The van der Waals surface area contributed by atoms with Gasteiger partial charge in [-0.2, -0.15) is 0 Å². The molecule has 26 heavy (non-hydrogen) atoms. The quantitative estimate of drug-likeness (QED) is 0.495. The number of carbonyl (C=O) groups excluding carboxylic acids is 3. The predicted molar refractivity (Wildman–Crippen MR) is 92.9 cm³/mol. The van der Waals surface area contributed by atoms with Gasteiger partial charge in [-0.25, -0.2) is 19.4 Å². The SMILES string of the molecule is C[C@H](NC(=O)OC(=O)C(=O)OC(C)(C)C)c1ncc(-c2ccccc2)[nH]1. The summed E-state index contributed by atoms with van der Waals surface area (Å²) in [6.07, 6.45) is 0.575. The molecule has 0 unspecified atom stereocenters. The molecule has 2 N–H and O–H groups in total. The van der Waals surface area contributed by atoms with Gasteiger partial charge in [-0.3, -0.25) is 0 Å². The molecule has 0 aliphatic rings. The summed E-state index contributed by atoms with van der Waals surface area (Å²) in [4.78, 5) is 42.1. The third kappa shape index (κ3) is 5.44. The molecule has 8 heteroatoms. The van der Waals surface area contributed by atoms with Crippen molar-refractivity contribution < 1.29 is 23.9 Å². The summed E-state index contributed by atoms with van der Waals surface area (Å²) in [6, 6.07) is 8.98. The van der Waals surface area contributed by atoms with Crippen LogP contribution in [-0.4, -0.2) is 33.6 Å². The molecule has 2 rings (SSSR count). The number of rotatable bonds is 3. The van der Waals surface area contributed by atoms with Crippen molar-refractivity contribution in [3.8, 4) is 11.3 Å². The molecule has 0 radical (unpaired) electrons. The zero-order valence-electron chi connectivity index (χ0n) is 15.0. The van der Waals surface area contributed by atoms with E-state index in [2.05, 4.69) is 20.0 Å². The van der Waals surface area contributed by atoms with Crippen molar-refractivity contribution in [2.45, 2.75) is 39.3 Å². The van der Waals surface area contributed by atoms with E-state index in [-0.39, 0.29) is 0 Å². The lowest BCUT2D eigenvalue weighted by atomic mass is 10.2. The highest BCUT2D eigenvalue weighted by molar-refractivity contribution is 6.31. The number of esters is 2. The number of ether oxygens (including phenoxy) is 2. The smallest absolute Gasteiger partial charge is 0.426 e. The van der Waals surface area contributed by atoms with Crippen LogP contribution in [0.25, 0.3) is 11.3 Å². The fourth-order valence-electron chi connectivity index (χ4n) is 2.04. The van der Waals surface area contributed by atoms with Crippen LogP contribution in [0, 0.1) is 0 Å². The van der Waals surface area contributed by atoms with Crippen molar-refractivity contribution >= 4 is 18.0 Å². The van der Waals surface area contributed by atoms with Crippen molar-refractivity contribution in [1.82, 2.24) is 15.3 Å². The fourth-order valence-corrected chi connectivity index (χ4v) is 2.04. The third-order valence-electron chi connectivity index (χ3n) is 3.18. The van der Waals surface area contributed by atoms with Gasteiger partial charge in [0.1, 0.15) is 11.4 Å². The molecule has 1 atom stereocenters. The first-order valence-electron chi connectivity index (χ1n) is 8.01. The molecule has 0 saturated carbocycles. The summed E-state index contributed by atoms with van der Waals surface area (Å²) < 4.78 is 9.27. The molecular weight excluding hydrogens is 338 g/mol. The zero-order valence-corrected chi connectivity index (χ0v) is 15.0. The van der Waals surface area contributed by atoms with Gasteiger partial charge in [0.15, 0.2) is 0 Å². The van der Waals surface area contributed by atoms with E-state index < -0.39 is 29.7 Å². The van der Waals surface area contributed by atoms with Crippen LogP contribution >= 0.6 is 0 Å². The van der Waals surface area contributed by atoms with Gasteiger partial charge in [0.2, 0.25) is 0 Å². The average Bonchev–Trinajstić information content (AvgIpc) is 3.04. The summed E-state index contributed by atoms with van der Waals surface area (Å²) in [5.41, 5.74) is 0.871. The average molecular weight is 359 g/mol. The Morgan fingerprint density at radius 3 is 2.38 bits per heavy atom. The molecule has 0 aliphatic carbocycles. The minimum atomic E-state index is -1.38. The largest absolute Gasteiger partial charge is 0.452 e. The highest BCUT2D eigenvalue weighted by atomic mass is 16.6. The molecule has 0 saturated heterocycles. The van der Waals surface area contributed by atoms with Crippen molar-refractivity contribution in [2.24, 2.45) is 0 Å². The van der Waals surface area contributed by atoms with Crippen molar-refractivity contribution in [3.63, 3.8) is 0 Å². The maximum atomic E-state index is 11.8. The molecule has 1 aromatic carbocycles. The summed E-state index contributed by atoms with van der Waals surface area (Å²) >= 11 is 0. The number of alkyl carbamates (subject to hydrolysis) is 1. The van der Waals surface area contributed by atoms with Crippen molar-refractivity contribution in [2.75, 3.05) is 0 Å². The van der Waals surface area contributed by atoms with Crippen LogP contribution in [0.4, 0.5) is 4.79 Å². The monoisotopic (exact) mass is 359 g/mol. The number of aromatic amines is 1. The minimum Gasteiger partial charge on any atom is -0.452 e.